The summed E-state index contributed by atoms with van der Waals surface area (Å²) in [7, 11) is 0. The highest BCUT2D eigenvalue weighted by Crippen LogP contribution is 2.42. The first kappa shape index (κ1) is 23.7. The van der Waals surface area contributed by atoms with Gasteiger partial charge in [-0.05, 0) is 37.6 Å². The van der Waals surface area contributed by atoms with Crippen LogP contribution in [0.5, 0.6) is 0 Å². The van der Waals surface area contributed by atoms with Gasteiger partial charge in [0.05, 0.1) is 28.8 Å². The monoisotopic (exact) mass is 495 g/mol. The molecule has 7 nitrogen and oxygen atoms in total. The van der Waals surface area contributed by atoms with Gasteiger partial charge in [-0.15, -0.1) is 0 Å². The van der Waals surface area contributed by atoms with E-state index in [1.54, 1.807) is 12.1 Å². The molecule has 2 heterocycles. The minimum absolute atomic E-state index is 0.113. The summed E-state index contributed by atoms with van der Waals surface area (Å²) in [4.78, 5) is 3.95. The molecule has 0 amide bonds. The third kappa shape index (κ3) is 5.35. The smallest absolute Gasteiger partial charge is 0.184 e. The maximum atomic E-state index is 9.32. The van der Waals surface area contributed by atoms with Gasteiger partial charge in [0.1, 0.15) is 23.7 Å². The van der Waals surface area contributed by atoms with E-state index >= 15 is 0 Å². The molecule has 0 saturated carbocycles. The molecule has 0 N–H and O–H groups in total. The molecule has 2 fully saturated rings. The fraction of sp³-hybridized carbons (Fsp3) is 0.455. The van der Waals surface area contributed by atoms with Crippen LogP contribution in [0.3, 0.4) is 0 Å². The van der Waals surface area contributed by atoms with E-state index < -0.39 is 36.1 Å². The molecule has 2 aliphatic heterocycles. The van der Waals surface area contributed by atoms with Gasteiger partial charge in [0.25, 0.3) is 0 Å². The lowest BCUT2D eigenvalue weighted by Crippen LogP contribution is -2.61. The van der Waals surface area contributed by atoms with Gasteiger partial charge in [-0.1, -0.05) is 70.4 Å². The van der Waals surface area contributed by atoms with Crippen molar-refractivity contribution in [2.24, 2.45) is 5.11 Å². The van der Waals surface area contributed by atoms with Crippen molar-refractivity contribution in [3.05, 3.63) is 74.6 Å². The van der Waals surface area contributed by atoms with E-state index in [2.05, 4.69) is 10.0 Å². The van der Waals surface area contributed by atoms with Crippen LogP contribution in [0.15, 0.2) is 58.5 Å². The second kappa shape index (κ2) is 10.6. The van der Waals surface area contributed by atoms with Gasteiger partial charge in [0.2, 0.25) is 0 Å². The maximum Gasteiger partial charge on any atom is 0.184 e. The molecular formula is C22H23Cl2N3O4S. The highest BCUT2D eigenvalue weighted by Gasteiger charge is 2.50. The van der Waals surface area contributed by atoms with Crippen molar-refractivity contribution in [3.8, 4) is 0 Å². The van der Waals surface area contributed by atoms with E-state index in [9.17, 15) is 5.53 Å². The molecule has 0 spiro atoms. The molecule has 170 valence electrons. The van der Waals surface area contributed by atoms with E-state index in [1.165, 1.54) is 11.8 Å². The molecule has 6 atom stereocenters. The topological polar surface area (TPSA) is 85.7 Å². The average molecular weight is 496 g/mol. The minimum atomic E-state index is -0.600. The summed E-state index contributed by atoms with van der Waals surface area (Å²) in [6.07, 6.45) is -2.16. The van der Waals surface area contributed by atoms with Crippen molar-refractivity contribution < 1.29 is 18.9 Å². The molecule has 32 heavy (non-hydrogen) atoms. The van der Waals surface area contributed by atoms with Crippen molar-refractivity contribution in [1.29, 1.82) is 0 Å². The third-order valence-corrected chi connectivity index (χ3v) is 7.02. The van der Waals surface area contributed by atoms with Crippen molar-refractivity contribution >= 4 is 35.0 Å². The van der Waals surface area contributed by atoms with Crippen molar-refractivity contribution in [2.45, 2.75) is 60.9 Å². The standard InChI is InChI=1S/C22H23Cl2N3O4S/c1-12(2)29-20-18(26-27-25)19-17(11-28-21(31-19)13-6-4-3-5-7-13)30-22(20)32-14-8-9-15(23)16(24)10-14/h3-10,12,17-22H,11H2,1-2H3/t17?,18?,19-,20?,21?,22+/m0/s1. The Morgan fingerprint density at radius 1 is 1.12 bits per heavy atom. The van der Waals surface area contributed by atoms with Crippen LogP contribution < -0.4 is 0 Å². The first-order chi connectivity index (χ1) is 15.5. The number of thioether (sulfide) groups is 1. The Kier molecular flexibility index (Phi) is 7.87. The summed E-state index contributed by atoms with van der Waals surface area (Å²) >= 11 is 13.7. The number of fused-ring (bicyclic) bond motifs is 1. The lowest BCUT2D eigenvalue weighted by atomic mass is 9.96. The molecule has 2 aromatic carbocycles. The predicted molar refractivity (Wildman–Crippen MR) is 124 cm³/mol. The molecular weight excluding hydrogens is 473 g/mol. The Balaban J connectivity index is 1.61. The van der Waals surface area contributed by atoms with Gasteiger partial charge in [0.15, 0.2) is 6.29 Å². The van der Waals surface area contributed by atoms with Crippen molar-refractivity contribution in [1.82, 2.24) is 0 Å². The number of benzene rings is 2. The molecule has 0 bridgehead atoms. The SMILES string of the molecule is CC(C)OC1C(N=[N+]=[N-])[C@H]2OC(c3ccccc3)OCC2O[C@@H]1Sc1ccc(Cl)c(Cl)c1. The van der Waals surface area contributed by atoms with Crippen LogP contribution in [-0.4, -0.2) is 42.5 Å². The zero-order valence-electron chi connectivity index (χ0n) is 17.5. The Morgan fingerprint density at radius 3 is 2.59 bits per heavy atom. The van der Waals surface area contributed by atoms with Gasteiger partial charge in [0, 0.05) is 15.4 Å². The number of rotatable bonds is 6. The van der Waals surface area contributed by atoms with Crippen molar-refractivity contribution in [3.63, 3.8) is 0 Å². The molecule has 0 aliphatic carbocycles. The first-order valence-electron chi connectivity index (χ1n) is 10.2. The normalized spacial score (nSPS) is 29.9. The van der Waals surface area contributed by atoms with Crippen LogP contribution in [-0.2, 0) is 18.9 Å². The van der Waals surface area contributed by atoms with Crippen LogP contribution in [0.1, 0.15) is 25.7 Å². The van der Waals surface area contributed by atoms with Crippen LogP contribution in [0.25, 0.3) is 10.4 Å². The largest absolute Gasteiger partial charge is 0.371 e. The van der Waals surface area contributed by atoms with Crippen LogP contribution in [0, 0.1) is 0 Å². The van der Waals surface area contributed by atoms with Crippen LogP contribution >= 0.6 is 35.0 Å². The van der Waals surface area contributed by atoms with Gasteiger partial charge >= 0.3 is 0 Å². The Labute approximate surface area is 200 Å². The van der Waals surface area contributed by atoms with E-state index in [0.29, 0.717) is 16.7 Å². The Hall–Kier alpha value is -1.48. The fourth-order valence-electron chi connectivity index (χ4n) is 3.78. The van der Waals surface area contributed by atoms with Gasteiger partial charge in [-0.2, -0.15) is 0 Å². The summed E-state index contributed by atoms with van der Waals surface area (Å²) < 4.78 is 24.7. The molecule has 2 aliphatic rings. The predicted octanol–water partition coefficient (Wildman–Crippen LogP) is 6.40. The average Bonchev–Trinajstić information content (AvgIpc) is 2.78. The second-order valence-corrected chi connectivity index (χ2v) is 9.74. The highest BCUT2D eigenvalue weighted by molar-refractivity contribution is 7.99. The quantitative estimate of drug-likeness (QED) is 0.263. The van der Waals surface area contributed by atoms with Crippen LogP contribution in [0.2, 0.25) is 10.0 Å². The third-order valence-electron chi connectivity index (χ3n) is 5.14. The fourth-order valence-corrected chi connectivity index (χ4v) is 5.30. The van der Waals surface area contributed by atoms with E-state index in [-0.39, 0.29) is 6.10 Å². The van der Waals surface area contributed by atoms with Gasteiger partial charge in [-0.3, -0.25) is 0 Å². The number of hydrogen-bond acceptors (Lipinski definition) is 6. The molecule has 0 radical (unpaired) electrons. The zero-order chi connectivity index (χ0) is 22.7. The lowest BCUT2D eigenvalue weighted by molar-refractivity contribution is -0.302. The first-order valence-corrected chi connectivity index (χ1v) is 11.9. The van der Waals surface area contributed by atoms with Gasteiger partial charge < -0.3 is 18.9 Å². The molecule has 0 aromatic heterocycles. The van der Waals surface area contributed by atoms with E-state index in [4.69, 9.17) is 42.1 Å². The molecule has 2 aromatic rings. The molecule has 2 saturated heterocycles. The number of azide groups is 1. The number of halogens is 2. The van der Waals surface area contributed by atoms with Crippen molar-refractivity contribution in [2.75, 3.05) is 6.61 Å². The number of nitrogens with zero attached hydrogens (tertiary/aromatic N) is 3. The van der Waals surface area contributed by atoms with E-state index in [0.717, 1.165) is 10.5 Å². The summed E-state index contributed by atoms with van der Waals surface area (Å²) in [5.74, 6) is 0. The Morgan fingerprint density at radius 2 is 1.91 bits per heavy atom. The Bertz CT molecular complexity index is 977. The number of ether oxygens (including phenoxy) is 4. The molecule has 4 rings (SSSR count). The minimum Gasteiger partial charge on any atom is -0.371 e. The summed E-state index contributed by atoms with van der Waals surface area (Å²) in [5.41, 5.74) is 9.75. The summed E-state index contributed by atoms with van der Waals surface area (Å²) in [6.45, 7) is 4.16. The maximum absolute atomic E-state index is 9.32. The second-order valence-electron chi connectivity index (χ2n) is 7.76. The number of hydrogen-bond donors (Lipinski definition) is 0. The van der Waals surface area contributed by atoms with Crippen LogP contribution in [0.4, 0.5) is 0 Å². The molecule has 10 heteroatoms. The highest BCUT2D eigenvalue weighted by atomic mass is 35.5. The zero-order valence-corrected chi connectivity index (χ0v) is 19.8. The summed E-state index contributed by atoms with van der Waals surface area (Å²) in [5, 5.41) is 5.02. The van der Waals surface area contributed by atoms with Gasteiger partial charge in [-0.25, -0.2) is 0 Å². The lowest BCUT2D eigenvalue weighted by Gasteiger charge is -2.48. The van der Waals surface area contributed by atoms with E-state index in [1.807, 2.05) is 50.2 Å². The summed E-state index contributed by atoms with van der Waals surface area (Å²) in [6, 6.07) is 14.4. The molecule has 4 unspecified atom stereocenters.